The number of halogens is 1. The van der Waals surface area contributed by atoms with E-state index in [1.807, 2.05) is 0 Å². The Kier molecular flexibility index (Phi) is 10.2. The van der Waals surface area contributed by atoms with E-state index in [-0.39, 0.29) is 18.5 Å². The third kappa shape index (κ3) is 8.12. The third-order valence-corrected chi connectivity index (χ3v) is 6.80. The van der Waals surface area contributed by atoms with Crippen LogP contribution in [-0.2, 0) is 22.7 Å². The van der Waals surface area contributed by atoms with Gasteiger partial charge in [-0.15, -0.1) is 0 Å². The Morgan fingerprint density at radius 3 is 2.35 bits per heavy atom. The number of fused-ring (bicyclic) bond motifs is 1. The minimum atomic E-state index is -1.15. The van der Waals surface area contributed by atoms with Crippen LogP contribution in [0.5, 0.6) is 0 Å². The van der Waals surface area contributed by atoms with Gasteiger partial charge >= 0.3 is 5.97 Å². The molecule has 3 rings (SSSR count). The van der Waals surface area contributed by atoms with Crippen molar-refractivity contribution in [1.29, 1.82) is 0 Å². The SMILES string of the molecule is CC(=O)N1CCCCCCCN(C(C)C)Cc2cc(C(=O)N(CC(=O)O)Cc3cccc(F)c3)ccc21. The zero-order valence-electron chi connectivity index (χ0n) is 22.1. The molecule has 0 aromatic heterocycles. The molecule has 200 valence electrons. The Morgan fingerprint density at radius 1 is 1.00 bits per heavy atom. The Balaban J connectivity index is 2.00. The second kappa shape index (κ2) is 13.3. The highest BCUT2D eigenvalue weighted by Crippen LogP contribution is 2.27. The van der Waals surface area contributed by atoms with Crippen molar-refractivity contribution in [2.75, 3.05) is 24.5 Å². The van der Waals surface area contributed by atoms with E-state index in [1.54, 1.807) is 36.1 Å². The maximum absolute atomic E-state index is 13.7. The molecule has 7 nitrogen and oxygen atoms in total. The molecule has 0 saturated carbocycles. The molecule has 0 unspecified atom stereocenters. The number of carboxylic acids is 1. The average molecular weight is 512 g/mol. The lowest BCUT2D eigenvalue weighted by Crippen LogP contribution is -2.36. The molecule has 8 heteroatoms. The van der Waals surface area contributed by atoms with Crippen molar-refractivity contribution in [2.45, 2.75) is 72.0 Å². The van der Waals surface area contributed by atoms with Crippen molar-refractivity contribution < 1.29 is 23.9 Å². The van der Waals surface area contributed by atoms with E-state index < -0.39 is 24.2 Å². The van der Waals surface area contributed by atoms with Gasteiger partial charge in [0, 0.05) is 43.9 Å². The maximum Gasteiger partial charge on any atom is 0.323 e. The summed E-state index contributed by atoms with van der Waals surface area (Å²) < 4.78 is 13.7. The summed E-state index contributed by atoms with van der Waals surface area (Å²) in [5, 5.41) is 9.45. The molecule has 1 heterocycles. The third-order valence-electron chi connectivity index (χ3n) is 6.80. The molecule has 0 atom stereocenters. The van der Waals surface area contributed by atoms with Crippen molar-refractivity contribution in [2.24, 2.45) is 0 Å². The zero-order chi connectivity index (χ0) is 26.9. The molecule has 0 aliphatic carbocycles. The molecule has 2 aromatic carbocycles. The number of carboxylic acid groups (broad SMARTS) is 1. The molecule has 0 spiro atoms. The van der Waals surface area contributed by atoms with E-state index in [4.69, 9.17) is 0 Å². The molecule has 1 aliphatic heterocycles. The topological polar surface area (TPSA) is 81.2 Å². The van der Waals surface area contributed by atoms with Crippen LogP contribution >= 0.6 is 0 Å². The monoisotopic (exact) mass is 511 g/mol. The van der Waals surface area contributed by atoms with E-state index >= 15 is 0 Å². The predicted molar refractivity (Wildman–Crippen MR) is 142 cm³/mol. The van der Waals surface area contributed by atoms with Crippen molar-refractivity contribution >= 4 is 23.5 Å². The van der Waals surface area contributed by atoms with Crippen LogP contribution in [0.2, 0.25) is 0 Å². The van der Waals surface area contributed by atoms with Gasteiger partial charge in [-0.05, 0) is 74.7 Å². The summed E-state index contributed by atoms with van der Waals surface area (Å²) in [7, 11) is 0. The molecule has 1 N–H and O–H groups in total. The number of rotatable bonds is 6. The highest BCUT2D eigenvalue weighted by atomic mass is 19.1. The first-order valence-electron chi connectivity index (χ1n) is 13.1. The van der Waals surface area contributed by atoms with Gasteiger partial charge in [-0.1, -0.05) is 31.4 Å². The van der Waals surface area contributed by atoms with Gasteiger partial charge in [0.15, 0.2) is 0 Å². The lowest BCUT2D eigenvalue weighted by molar-refractivity contribution is -0.137. The van der Waals surface area contributed by atoms with E-state index in [0.717, 1.165) is 49.9 Å². The summed E-state index contributed by atoms with van der Waals surface area (Å²) in [6.07, 6.45) is 5.33. The van der Waals surface area contributed by atoms with Gasteiger partial charge in [-0.3, -0.25) is 19.3 Å². The molecule has 1 aliphatic rings. The summed E-state index contributed by atoms with van der Waals surface area (Å²) >= 11 is 0. The van der Waals surface area contributed by atoms with Gasteiger partial charge in [-0.25, -0.2) is 4.39 Å². The largest absolute Gasteiger partial charge is 0.480 e. The van der Waals surface area contributed by atoms with Gasteiger partial charge in [0.1, 0.15) is 12.4 Å². The van der Waals surface area contributed by atoms with Crippen LogP contribution in [0.3, 0.4) is 0 Å². The van der Waals surface area contributed by atoms with Crippen molar-refractivity contribution in [1.82, 2.24) is 9.80 Å². The number of nitrogens with zero attached hydrogens (tertiary/aromatic N) is 3. The molecule has 2 amide bonds. The van der Waals surface area contributed by atoms with Crippen LogP contribution in [-0.4, -0.2) is 58.4 Å². The first-order chi connectivity index (χ1) is 17.7. The second-order valence-corrected chi connectivity index (χ2v) is 10.0. The number of hydrogen-bond acceptors (Lipinski definition) is 4. The Bertz CT molecular complexity index is 1100. The van der Waals surface area contributed by atoms with Crippen molar-refractivity contribution in [3.63, 3.8) is 0 Å². The quantitative estimate of drug-likeness (QED) is 0.585. The number of carbonyl (C=O) groups is 3. The smallest absolute Gasteiger partial charge is 0.323 e. The van der Waals surface area contributed by atoms with Crippen LogP contribution in [0.4, 0.5) is 10.1 Å². The standard InChI is InChI=1S/C29H38FN3O4/c1-21(2)31-14-7-5-4-6-8-15-33(22(3)34)27-13-12-24(17-25(27)19-31)29(37)32(20-28(35)36)18-23-10-9-11-26(30)16-23/h9-13,16-17,21H,4-8,14-15,18-20H2,1-3H3,(H,35,36). The van der Waals surface area contributed by atoms with Gasteiger partial charge in [0.05, 0.1) is 0 Å². The van der Waals surface area contributed by atoms with Crippen LogP contribution in [0.1, 0.15) is 74.4 Å². The van der Waals surface area contributed by atoms with E-state index in [0.29, 0.717) is 24.2 Å². The Labute approximate surface area is 218 Å². The van der Waals surface area contributed by atoms with Crippen LogP contribution in [0.25, 0.3) is 0 Å². The fourth-order valence-electron chi connectivity index (χ4n) is 4.81. The van der Waals surface area contributed by atoms with Crippen LogP contribution in [0.15, 0.2) is 42.5 Å². The first-order valence-corrected chi connectivity index (χ1v) is 13.1. The summed E-state index contributed by atoms with van der Waals surface area (Å²) in [6.45, 7) is 7.39. The lowest BCUT2D eigenvalue weighted by atomic mass is 10.0. The summed E-state index contributed by atoms with van der Waals surface area (Å²) in [6, 6.07) is 11.3. The molecule has 0 fully saturated rings. The van der Waals surface area contributed by atoms with Crippen molar-refractivity contribution in [3.8, 4) is 0 Å². The molecular weight excluding hydrogens is 473 g/mol. The van der Waals surface area contributed by atoms with Crippen LogP contribution in [0, 0.1) is 5.82 Å². The Hall–Kier alpha value is -3.26. The Morgan fingerprint density at radius 2 is 1.70 bits per heavy atom. The minimum absolute atomic E-state index is 0.0301. The van der Waals surface area contributed by atoms with Gasteiger partial charge < -0.3 is 14.9 Å². The molecule has 0 saturated heterocycles. The van der Waals surface area contributed by atoms with Gasteiger partial charge in [0.25, 0.3) is 5.91 Å². The number of benzene rings is 2. The zero-order valence-corrected chi connectivity index (χ0v) is 22.1. The van der Waals surface area contributed by atoms with Crippen LogP contribution < -0.4 is 4.90 Å². The van der Waals surface area contributed by atoms with Gasteiger partial charge in [0.2, 0.25) is 5.91 Å². The fourth-order valence-corrected chi connectivity index (χ4v) is 4.81. The molecular formula is C29H38FN3O4. The summed E-state index contributed by atoms with van der Waals surface area (Å²) in [4.78, 5) is 43.1. The predicted octanol–water partition coefficient (Wildman–Crippen LogP) is 5.08. The second-order valence-electron chi connectivity index (χ2n) is 10.0. The minimum Gasteiger partial charge on any atom is -0.480 e. The molecule has 0 radical (unpaired) electrons. The normalized spacial score (nSPS) is 15.4. The number of amides is 2. The maximum atomic E-state index is 13.7. The molecule has 2 aromatic rings. The first kappa shape index (κ1) is 28.3. The average Bonchev–Trinajstić information content (AvgIpc) is 2.82. The van der Waals surface area contributed by atoms with E-state index in [9.17, 15) is 23.9 Å². The van der Waals surface area contributed by atoms with E-state index in [2.05, 4.69) is 18.7 Å². The molecule has 0 bridgehead atoms. The van der Waals surface area contributed by atoms with Gasteiger partial charge in [-0.2, -0.15) is 0 Å². The number of hydrogen-bond donors (Lipinski definition) is 1. The van der Waals surface area contributed by atoms with E-state index in [1.165, 1.54) is 23.1 Å². The summed E-state index contributed by atoms with van der Waals surface area (Å²) in [5.74, 6) is -2.10. The highest BCUT2D eigenvalue weighted by molar-refractivity contribution is 5.98. The molecule has 37 heavy (non-hydrogen) atoms. The number of anilines is 1. The fraction of sp³-hybridized carbons (Fsp3) is 0.483. The van der Waals surface area contributed by atoms with Crippen molar-refractivity contribution in [3.05, 3.63) is 65.0 Å². The lowest BCUT2D eigenvalue weighted by Gasteiger charge is -2.31. The summed E-state index contributed by atoms with van der Waals surface area (Å²) in [5.41, 5.74) is 2.49. The number of aliphatic carboxylic acids is 1. The number of carbonyl (C=O) groups excluding carboxylic acids is 2. The highest BCUT2D eigenvalue weighted by Gasteiger charge is 2.24.